The molecule has 0 bridgehead atoms. The van der Waals surface area contributed by atoms with Crippen molar-refractivity contribution in [1.29, 1.82) is 0 Å². The number of nitrogens with one attached hydrogen (secondary N) is 1. The summed E-state index contributed by atoms with van der Waals surface area (Å²) >= 11 is 6.21. The Balaban J connectivity index is 2.32. The van der Waals surface area contributed by atoms with Crippen molar-refractivity contribution in [1.82, 2.24) is 0 Å². The van der Waals surface area contributed by atoms with Gasteiger partial charge in [-0.2, -0.15) is 0 Å². The third-order valence-corrected chi connectivity index (χ3v) is 4.63. The fourth-order valence-electron chi connectivity index (χ4n) is 3.29. The molecule has 1 aliphatic carbocycles. The van der Waals surface area contributed by atoms with Crippen molar-refractivity contribution in [3.63, 3.8) is 0 Å². The summed E-state index contributed by atoms with van der Waals surface area (Å²) in [4.78, 5) is 12.1. The van der Waals surface area contributed by atoms with Crippen LogP contribution in [-0.2, 0) is 10.2 Å². The third-order valence-electron chi connectivity index (χ3n) is 4.39. The van der Waals surface area contributed by atoms with Crippen LogP contribution in [-0.4, -0.2) is 18.2 Å². The van der Waals surface area contributed by atoms with E-state index in [1.165, 1.54) is 6.42 Å². The van der Waals surface area contributed by atoms with Crippen LogP contribution in [0.1, 0.15) is 58.4 Å². The van der Waals surface area contributed by atoms with Crippen LogP contribution in [0.5, 0.6) is 0 Å². The Morgan fingerprint density at radius 2 is 1.96 bits per heavy atom. The second-order valence-corrected chi connectivity index (χ2v) is 7.80. The molecule has 1 aromatic carbocycles. The zero-order valence-corrected chi connectivity index (χ0v) is 15.0. The van der Waals surface area contributed by atoms with Crippen molar-refractivity contribution in [2.24, 2.45) is 5.73 Å². The topological polar surface area (TPSA) is 64.3 Å². The molecule has 0 saturated heterocycles. The van der Waals surface area contributed by atoms with Crippen LogP contribution in [0.25, 0.3) is 0 Å². The van der Waals surface area contributed by atoms with Crippen molar-refractivity contribution in [3.05, 3.63) is 28.8 Å². The molecule has 5 heteroatoms. The summed E-state index contributed by atoms with van der Waals surface area (Å²) in [5, 5.41) is 3.54. The molecule has 0 heterocycles. The van der Waals surface area contributed by atoms with Gasteiger partial charge in [0.05, 0.1) is 0 Å². The number of carbonyl (C=O) groups is 1. The van der Waals surface area contributed by atoms with Crippen molar-refractivity contribution < 1.29 is 9.53 Å². The first-order valence-electron chi connectivity index (χ1n) is 8.26. The van der Waals surface area contributed by atoms with Gasteiger partial charge in [0, 0.05) is 22.7 Å². The van der Waals surface area contributed by atoms with Gasteiger partial charge in [0.2, 0.25) is 0 Å². The smallest absolute Gasteiger partial charge is 0.412 e. The monoisotopic (exact) mass is 338 g/mol. The Kier molecular flexibility index (Phi) is 5.58. The standard InChI is InChI=1S/C18H27ClN2O2/c1-17(2,3)23-16(22)21-15-8-7-13(19)11-14(15)18(12-20)9-5-4-6-10-18/h7-8,11H,4-6,9-10,12,20H2,1-3H3,(H,21,22). The van der Waals surface area contributed by atoms with Crippen molar-refractivity contribution in [2.75, 3.05) is 11.9 Å². The average Bonchev–Trinajstić information content (AvgIpc) is 2.48. The zero-order chi connectivity index (χ0) is 17.1. The van der Waals surface area contributed by atoms with Gasteiger partial charge >= 0.3 is 6.09 Å². The summed E-state index contributed by atoms with van der Waals surface area (Å²) in [6.45, 7) is 6.09. The summed E-state index contributed by atoms with van der Waals surface area (Å²) in [5.74, 6) is 0. The minimum Gasteiger partial charge on any atom is -0.444 e. The second kappa shape index (κ2) is 7.10. The van der Waals surface area contributed by atoms with Crippen molar-refractivity contribution in [3.8, 4) is 0 Å². The van der Waals surface area contributed by atoms with E-state index in [1.807, 2.05) is 32.9 Å². The quantitative estimate of drug-likeness (QED) is 0.828. The molecule has 1 aromatic rings. The van der Waals surface area contributed by atoms with Gasteiger partial charge in [-0.3, -0.25) is 5.32 Å². The summed E-state index contributed by atoms with van der Waals surface area (Å²) < 4.78 is 5.37. The Morgan fingerprint density at radius 1 is 1.30 bits per heavy atom. The van der Waals surface area contributed by atoms with Crippen LogP contribution >= 0.6 is 11.6 Å². The van der Waals surface area contributed by atoms with Gasteiger partial charge in [-0.25, -0.2) is 4.79 Å². The van der Waals surface area contributed by atoms with Crippen LogP contribution in [0.4, 0.5) is 10.5 Å². The summed E-state index contributed by atoms with van der Waals surface area (Å²) in [7, 11) is 0. The number of ether oxygens (including phenoxy) is 1. The predicted molar refractivity (Wildman–Crippen MR) is 95.1 cm³/mol. The minimum absolute atomic E-state index is 0.118. The van der Waals surface area contributed by atoms with Crippen LogP contribution < -0.4 is 11.1 Å². The maximum atomic E-state index is 12.1. The molecule has 0 radical (unpaired) electrons. The lowest BCUT2D eigenvalue weighted by Gasteiger charge is -2.38. The number of benzene rings is 1. The van der Waals surface area contributed by atoms with E-state index in [0.29, 0.717) is 11.6 Å². The van der Waals surface area contributed by atoms with Crippen LogP contribution in [0.15, 0.2) is 18.2 Å². The highest BCUT2D eigenvalue weighted by Crippen LogP contribution is 2.42. The molecule has 4 nitrogen and oxygen atoms in total. The van der Waals surface area contributed by atoms with E-state index in [0.717, 1.165) is 36.9 Å². The molecule has 0 unspecified atom stereocenters. The highest BCUT2D eigenvalue weighted by molar-refractivity contribution is 6.30. The second-order valence-electron chi connectivity index (χ2n) is 7.36. The van der Waals surface area contributed by atoms with Gasteiger partial charge in [-0.05, 0) is 57.4 Å². The van der Waals surface area contributed by atoms with Gasteiger partial charge in [0.1, 0.15) is 5.60 Å². The molecule has 0 aromatic heterocycles. The SMILES string of the molecule is CC(C)(C)OC(=O)Nc1ccc(Cl)cc1C1(CN)CCCCC1. The maximum Gasteiger partial charge on any atom is 0.412 e. The number of nitrogens with two attached hydrogens (primary N) is 1. The molecule has 1 aliphatic rings. The first-order chi connectivity index (χ1) is 10.8. The molecule has 2 rings (SSSR count). The maximum absolute atomic E-state index is 12.1. The molecule has 128 valence electrons. The first-order valence-corrected chi connectivity index (χ1v) is 8.64. The molecule has 1 saturated carbocycles. The van der Waals surface area contributed by atoms with Gasteiger partial charge < -0.3 is 10.5 Å². The lowest BCUT2D eigenvalue weighted by molar-refractivity contribution is 0.0635. The molecule has 23 heavy (non-hydrogen) atoms. The highest BCUT2D eigenvalue weighted by Gasteiger charge is 2.35. The Labute approximate surface area is 143 Å². The van der Waals surface area contributed by atoms with Crippen LogP contribution in [0, 0.1) is 0 Å². The average molecular weight is 339 g/mol. The Bertz CT molecular complexity index is 561. The molecule has 1 fully saturated rings. The number of hydrogen-bond acceptors (Lipinski definition) is 3. The number of rotatable bonds is 3. The van der Waals surface area contributed by atoms with E-state index in [-0.39, 0.29) is 5.41 Å². The summed E-state index contributed by atoms with van der Waals surface area (Å²) in [6, 6.07) is 5.56. The summed E-state index contributed by atoms with van der Waals surface area (Å²) in [6.07, 6.45) is 5.12. The molecule has 1 amide bonds. The molecule has 0 aliphatic heterocycles. The lowest BCUT2D eigenvalue weighted by atomic mass is 9.69. The number of halogens is 1. The zero-order valence-electron chi connectivity index (χ0n) is 14.2. The Hall–Kier alpha value is -1.26. The summed E-state index contributed by atoms with van der Waals surface area (Å²) in [5.41, 5.74) is 7.25. The van der Waals surface area contributed by atoms with Crippen LogP contribution in [0.3, 0.4) is 0 Å². The van der Waals surface area contributed by atoms with E-state index in [1.54, 1.807) is 6.07 Å². The van der Waals surface area contributed by atoms with Crippen molar-refractivity contribution in [2.45, 2.75) is 63.9 Å². The first kappa shape index (κ1) is 18.1. The third kappa shape index (κ3) is 4.61. The van der Waals surface area contributed by atoms with E-state index in [2.05, 4.69) is 5.32 Å². The molecular weight excluding hydrogens is 312 g/mol. The molecular formula is C18H27ClN2O2. The normalized spacial score (nSPS) is 17.6. The largest absolute Gasteiger partial charge is 0.444 e. The molecule has 0 atom stereocenters. The lowest BCUT2D eigenvalue weighted by Crippen LogP contribution is -2.38. The number of carbonyl (C=O) groups excluding carboxylic acids is 1. The fourth-order valence-corrected chi connectivity index (χ4v) is 3.46. The van der Waals surface area contributed by atoms with Crippen LogP contribution in [0.2, 0.25) is 5.02 Å². The van der Waals surface area contributed by atoms with Gasteiger partial charge in [0.25, 0.3) is 0 Å². The van der Waals surface area contributed by atoms with E-state index in [4.69, 9.17) is 22.1 Å². The number of hydrogen-bond donors (Lipinski definition) is 2. The fraction of sp³-hybridized carbons (Fsp3) is 0.611. The molecule has 0 spiro atoms. The van der Waals surface area contributed by atoms with Gasteiger partial charge in [-0.15, -0.1) is 0 Å². The highest BCUT2D eigenvalue weighted by atomic mass is 35.5. The van der Waals surface area contributed by atoms with E-state index < -0.39 is 11.7 Å². The number of amides is 1. The predicted octanol–water partition coefficient (Wildman–Crippen LogP) is 4.85. The minimum atomic E-state index is -0.535. The Morgan fingerprint density at radius 3 is 2.52 bits per heavy atom. The molecule has 3 N–H and O–H groups in total. The van der Waals surface area contributed by atoms with E-state index in [9.17, 15) is 4.79 Å². The van der Waals surface area contributed by atoms with Gasteiger partial charge in [-0.1, -0.05) is 30.9 Å². The van der Waals surface area contributed by atoms with E-state index >= 15 is 0 Å². The number of anilines is 1. The van der Waals surface area contributed by atoms with Gasteiger partial charge in [0.15, 0.2) is 0 Å². The van der Waals surface area contributed by atoms with Crippen molar-refractivity contribution >= 4 is 23.4 Å².